The number of furan rings is 1. The predicted molar refractivity (Wildman–Crippen MR) is 193 cm³/mol. The molecule has 0 bridgehead atoms. The van der Waals surface area contributed by atoms with E-state index in [1.165, 1.54) is 54.0 Å². The molecule has 0 radical (unpaired) electrons. The average molecular weight is 589 g/mol. The van der Waals surface area contributed by atoms with Crippen LogP contribution in [0, 0.1) is 0 Å². The lowest BCUT2D eigenvalue weighted by atomic mass is 9.92. The van der Waals surface area contributed by atoms with E-state index in [1.807, 2.05) is 6.07 Å². The molecular formula is C43H28N2O. The van der Waals surface area contributed by atoms with Gasteiger partial charge in [-0.2, -0.15) is 0 Å². The molecule has 10 rings (SSSR count). The van der Waals surface area contributed by atoms with Crippen molar-refractivity contribution in [3.8, 4) is 0 Å². The Bertz CT molecular complexity index is 2710. The number of benzene rings is 7. The van der Waals surface area contributed by atoms with E-state index in [0.29, 0.717) is 0 Å². The van der Waals surface area contributed by atoms with Crippen molar-refractivity contribution in [2.24, 2.45) is 4.99 Å². The Balaban J connectivity index is 1.33. The molecule has 0 amide bonds. The summed E-state index contributed by atoms with van der Waals surface area (Å²) < 4.78 is 8.98. The number of para-hydroxylation sites is 2. The first-order valence-corrected chi connectivity index (χ1v) is 16.0. The van der Waals surface area contributed by atoms with E-state index in [2.05, 4.69) is 144 Å². The Hall–Kier alpha value is -5.93. The van der Waals surface area contributed by atoms with Gasteiger partial charge >= 0.3 is 0 Å². The van der Waals surface area contributed by atoms with E-state index in [1.54, 1.807) is 0 Å². The molecule has 0 saturated carbocycles. The van der Waals surface area contributed by atoms with Crippen LogP contribution in [-0.2, 0) is 6.42 Å². The van der Waals surface area contributed by atoms with Crippen LogP contribution in [0.4, 0.5) is 0 Å². The minimum atomic E-state index is 0.854. The minimum absolute atomic E-state index is 0.854. The van der Waals surface area contributed by atoms with Crippen molar-refractivity contribution in [1.29, 1.82) is 0 Å². The van der Waals surface area contributed by atoms with Crippen LogP contribution in [-0.4, -0.2) is 10.3 Å². The lowest BCUT2D eigenvalue weighted by Gasteiger charge is -2.15. The Kier molecular flexibility index (Phi) is 5.40. The molecule has 46 heavy (non-hydrogen) atoms. The smallest absolute Gasteiger partial charge is 0.157 e. The highest BCUT2D eigenvalue weighted by Gasteiger charge is 2.24. The van der Waals surface area contributed by atoms with E-state index in [9.17, 15) is 0 Å². The van der Waals surface area contributed by atoms with Gasteiger partial charge in [0.1, 0.15) is 17.1 Å². The lowest BCUT2D eigenvalue weighted by molar-refractivity contribution is 0.599. The van der Waals surface area contributed by atoms with Crippen molar-refractivity contribution in [2.75, 3.05) is 0 Å². The van der Waals surface area contributed by atoms with Crippen LogP contribution in [0.3, 0.4) is 0 Å². The van der Waals surface area contributed by atoms with Crippen LogP contribution in [0.25, 0.3) is 70.9 Å². The van der Waals surface area contributed by atoms with Crippen molar-refractivity contribution in [3.05, 3.63) is 162 Å². The number of hydrogen-bond donors (Lipinski definition) is 0. The van der Waals surface area contributed by atoms with Crippen molar-refractivity contribution < 1.29 is 4.42 Å². The van der Waals surface area contributed by atoms with Gasteiger partial charge in [0.15, 0.2) is 5.76 Å². The van der Waals surface area contributed by atoms with Crippen LogP contribution in [0.15, 0.2) is 155 Å². The normalized spacial score (nSPS) is 13.7. The number of allylic oxidation sites excluding steroid dienone is 1. The van der Waals surface area contributed by atoms with Gasteiger partial charge in [0.2, 0.25) is 0 Å². The van der Waals surface area contributed by atoms with Gasteiger partial charge in [-0.3, -0.25) is 4.57 Å². The highest BCUT2D eigenvalue weighted by Crippen LogP contribution is 2.44. The summed E-state index contributed by atoms with van der Waals surface area (Å²) in [5.74, 6) is 1.78. The summed E-state index contributed by atoms with van der Waals surface area (Å²) in [5.41, 5.74) is 6.33. The zero-order valence-corrected chi connectivity index (χ0v) is 25.1. The minimum Gasteiger partial charge on any atom is -0.454 e. The van der Waals surface area contributed by atoms with E-state index in [-0.39, 0.29) is 0 Å². The topological polar surface area (TPSA) is 30.4 Å². The molecule has 0 N–H and O–H groups in total. The standard InChI is InChI=1S/C43H28N2O/c1-2-13-27(14-3-1)42-43-34(31-18-9-11-23-38(31)46-43)21-12-24-39(44-42)45-36-22-10-8-20-35(36)41-37(45)26-25-33-30-17-5-4-15-28(30)29-16-6-7-19-32(29)40(33)41/h1-11,13-20,22-26H,12,21H2. The summed E-state index contributed by atoms with van der Waals surface area (Å²) in [6, 6.07) is 49.8. The molecule has 0 atom stereocenters. The first-order chi connectivity index (χ1) is 22.8. The zero-order chi connectivity index (χ0) is 30.2. The van der Waals surface area contributed by atoms with Crippen LogP contribution < -0.4 is 0 Å². The summed E-state index contributed by atoms with van der Waals surface area (Å²) in [7, 11) is 0. The second-order valence-corrected chi connectivity index (χ2v) is 12.2. The number of rotatable bonds is 2. The molecule has 7 aromatic carbocycles. The number of hydrogen-bond acceptors (Lipinski definition) is 2. The summed E-state index contributed by atoms with van der Waals surface area (Å²) in [5, 5.41) is 11.3. The Morgan fingerprint density at radius 2 is 1.11 bits per heavy atom. The maximum Gasteiger partial charge on any atom is 0.157 e. The summed E-state index contributed by atoms with van der Waals surface area (Å²) in [4.78, 5) is 5.52. The molecule has 2 aromatic heterocycles. The van der Waals surface area contributed by atoms with Gasteiger partial charge in [-0.25, -0.2) is 4.99 Å². The Morgan fingerprint density at radius 1 is 0.500 bits per heavy atom. The monoisotopic (exact) mass is 588 g/mol. The third kappa shape index (κ3) is 3.57. The van der Waals surface area contributed by atoms with Gasteiger partial charge in [0, 0.05) is 32.7 Å². The van der Waals surface area contributed by atoms with E-state index in [4.69, 9.17) is 9.41 Å². The lowest BCUT2D eigenvalue weighted by Crippen LogP contribution is -2.09. The van der Waals surface area contributed by atoms with Gasteiger partial charge in [-0.05, 0) is 64.0 Å². The fourth-order valence-corrected chi connectivity index (χ4v) is 7.73. The summed E-state index contributed by atoms with van der Waals surface area (Å²) in [6.07, 6.45) is 4.03. The zero-order valence-electron chi connectivity index (χ0n) is 25.1. The fourth-order valence-electron chi connectivity index (χ4n) is 7.73. The third-order valence-corrected chi connectivity index (χ3v) is 9.68. The third-order valence-electron chi connectivity index (χ3n) is 9.68. The molecule has 0 spiro atoms. The molecule has 3 nitrogen and oxygen atoms in total. The van der Waals surface area contributed by atoms with Crippen molar-refractivity contribution in [1.82, 2.24) is 4.57 Å². The molecule has 9 aromatic rings. The maximum atomic E-state index is 6.61. The molecular weight excluding hydrogens is 560 g/mol. The molecule has 0 unspecified atom stereocenters. The molecule has 1 aliphatic rings. The molecule has 0 saturated heterocycles. The fraction of sp³-hybridized carbons (Fsp3) is 0.0465. The maximum absolute atomic E-state index is 6.61. The van der Waals surface area contributed by atoms with E-state index >= 15 is 0 Å². The van der Waals surface area contributed by atoms with Gasteiger partial charge in [0.25, 0.3) is 0 Å². The first-order valence-electron chi connectivity index (χ1n) is 16.0. The highest BCUT2D eigenvalue weighted by molar-refractivity contribution is 6.35. The van der Waals surface area contributed by atoms with Crippen molar-refractivity contribution in [2.45, 2.75) is 12.8 Å². The number of aryl methyl sites for hydroxylation is 1. The number of nitrogens with zero attached hydrogens (tertiary/aromatic N) is 2. The SMILES string of the molecule is C1=C(n2c3ccccc3c3c4c5ccccc5c5ccccc5c4ccc32)N=C(c2ccccc2)c2oc3ccccc3c2CC1. The van der Waals surface area contributed by atoms with Crippen molar-refractivity contribution in [3.63, 3.8) is 0 Å². The molecule has 0 aliphatic carbocycles. The summed E-state index contributed by atoms with van der Waals surface area (Å²) >= 11 is 0. The average Bonchev–Trinajstić information content (AvgIpc) is 3.64. The Morgan fingerprint density at radius 3 is 1.89 bits per heavy atom. The van der Waals surface area contributed by atoms with Gasteiger partial charge in [-0.1, -0.05) is 121 Å². The quantitative estimate of drug-likeness (QED) is 0.185. The van der Waals surface area contributed by atoms with Crippen LogP contribution in [0.2, 0.25) is 0 Å². The summed E-state index contributed by atoms with van der Waals surface area (Å²) in [6.45, 7) is 0. The van der Waals surface area contributed by atoms with Crippen LogP contribution in [0.1, 0.15) is 23.3 Å². The predicted octanol–water partition coefficient (Wildman–Crippen LogP) is 11.3. The Labute approximate surface area is 265 Å². The van der Waals surface area contributed by atoms with Gasteiger partial charge in [-0.15, -0.1) is 0 Å². The number of aliphatic imine (C=N–C) groups is 1. The number of fused-ring (bicyclic) bond motifs is 13. The molecule has 0 fully saturated rings. The number of aromatic nitrogens is 1. The molecule has 3 heterocycles. The van der Waals surface area contributed by atoms with Gasteiger partial charge in [0.05, 0.1) is 11.0 Å². The van der Waals surface area contributed by atoms with Crippen LogP contribution in [0.5, 0.6) is 0 Å². The first kappa shape index (κ1) is 25.4. The van der Waals surface area contributed by atoms with Crippen LogP contribution >= 0.6 is 0 Å². The van der Waals surface area contributed by atoms with Gasteiger partial charge < -0.3 is 4.42 Å². The molecule has 216 valence electrons. The second kappa shape index (κ2) is 9.79. The van der Waals surface area contributed by atoms with Crippen molar-refractivity contribution >= 4 is 76.6 Å². The largest absolute Gasteiger partial charge is 0.454 e. The van der Waals surface area contributed by atoms with E-state index in [0.717, 1.165) is 52.3 Å². The van der Waals surface area contributed by atoms with E-state index < -0.39 is 0 Å². The second-order valence-electron chi connectivity index (χ2n) is 12.2. The highest BCUT2D eigenvalue weighted by atomic mass is 16.3. The molecule has 1 aliphatic heterocycles. The molecule has 3 heteroatoms.